The third-order valence-electron chi connectivity index (χ3n) is 7.18. The Bertz CT molecular complexity index is 796. The lowest BCUT2D eigenvalue weighted by molar-refractivity contribution is -0.164. The molecule has 0 radical (unpaired) electrons. The molecule has 0 saturated heterocycles. The number of carbonyl (C=O) groups is 2. The minimum atomic E-state index is -0.559. The van der Waals surface area contributed by atoms with Crippen LogP contribution >= 0.6 is 0 Å². The van der Waals surface area contributed by atoms with Crippen LogP contribution in [0.3, 0.4) is 0 Å². The fourth-order valence-electron chi connectivity index (χ4n) is 5.23. The normalized spacial score (nSPS) is 25.8. The van der Waals surface area contributed by atoms with Crippen LogP contribution in [-0.2, 0) is 20.7 Å². The number of hydrogen-bond acceptors (Lipinski definition) is 4. The predicted molar refractivity (Wildman–Crippen MR) is 125 cm³/mol. The number of benzene rings is 1. The fraction of sp³-hybridized carbons (Fsp3) is 0.630. The monoisotopic (exact) mass is 428 g/mol. The van der Waals surface area contributed by atoms with Crippen LogP contribution in [0.15, 0.2) is 30.9 Å². The number of allylic oxidation sites excluding steroid dienone is 1. The largest absolute Gasteiger partial charge is 0.466 e. The molecule has 1 aliphatic carbocycles. The van der Waals surface area contributed by atoms with E-state index in [1.54, 1.807) is 0 Å². The molecular formula is C27H40O4. The van der Waals surface area contributed by atoms with Crippen LogP contribution in [-0.4, -0.2) is 25.2 Å². The molecule has 1 fully saturated rings. The smallest absolute Gasteiger partial charge is 0.338 e. The van der Waals surface area contributed by atoms with Crippen molar-refractivity contribution in [3.63, 3.8) is 0 Å². The fourth-order valence-corrected chi connectivity index (χ4v) is 5.23. The number of hydrogen-bond donors (Lipinski definition) is 0. The van der Waals surface area contributed by atoms with Gasteiger partial charge in [-0.15, -0.1) is 6.58 Å². The molecule has 1 saturated carbocycles. The van der Waals surface area contributed by atoms with E-state index in [9.17, 15) is 9.59 Å². The molecule has 0 bridgehead atoms. The van der Waals surface area contributed by atoms with Crippen molar-refractivity contribution in [2.75, 3.05) is 13.2 Å². The van der Waals surface area contributed by atoms with Crippen LogP contribution in [0.25, 0.3) is 0 Å². The van der Waals surface area contributed by atoms with Crippen molar-refractivity contribution in [2.45, 2.75) is 79.6 Å². The highest BCUT2D eigenvalue weighted by molar-refractivity contribution is 5.91. The summed E-state index contributed by atoms with van der Waals surface area (Å²) in [5, 5.41) is 0. The van der Waals surface area contributed by atoms with Crippen molar-refractivity contribution in [2.24, 2.45) is 16.7 Å². The van der Waals surface area contributed by atoms with Crippen LogP contribution < -0.4 is 0 Å². The lowest BCUT2D eigenvalue weighted by atomic mass is 9.54. The first-order valence-electron chi connectivity index (χ1n) is 11.7. The van der Waals surface area contributed by atoms with E-state index < -0.39 is 5.41 Å². The number of ether oxygens (including phenoxy) is 2. The maximum Gasteiger partial charge on any atom is 0.338 e. The van der Waals surface area contributed by atoms with Crippen molar-refractivity contribution >= 4 is 11.9 Å². The maximum absolute atomic E-state index is 13.0. The Morgan fingerprint density at radius 1 is 1.16 bits per heavy atom. The second-order valence-corrected chi connectivity index (χ2v) is 9.58. The third-order valence-corrected chi connectivity index (χ3v) is 7.18. The van der Waals surface area contributed by atoms with Crippen molar-refractivity contribution in [3.8, 4) is 0 Å². The van der Waals surface area contributed by atoms with E-state index >= 15 is 0 Å². The average molecular weight is 429 g/mol. The van der Waals surface area contributed by atoms with Gasteiger partial charge < -0.3 is 9.47 Å². The molecule has 0 aliphatic heterocycles. The first-order chi connectivity index (χ1) is 14.6. The van der Waals surface area contributed by atoms with E-state index in [1.165, 1.54) is 5.56 Å². The molecular weight excluding hydrogens is 388 g/mol. The van der Waals surface area contributed by atoms with E-state index in [0.717, 1.165) is 31.2 Å². The topological polar surface area (TPSA) is 52.6 Å². The molecule has 4 heteroatoms. The highest BCUT2D eigenvalue weighted by Gasteiger charge is 2.52. The zero-order valence-corrected chi connectivity index (χ0v) is 20.3. The van der Waals surface area contributed by atoms with Crippen LogP contribution in [0.4, 0.5) is 0 Å². The molecule has 0 heterocycles. The molecule has 0 N–H and O–H groups in total. The van der Waals surface area contributed by atoms with E-state index in [-0.39, 0.29) is 23.3 Å². The Morgan fingerprint density at radius 3 is 2.42 bits per heavy atom. The quantitative estimate of drug-likeness (QED) is 0.334. The van der Waals surface area contributed by atoms with Crippen molar-refractivity contribution < 1.29 is 19.1 Å². The SMILES string of the molecule is C=C[C@@]1(C)CCC[C@@](C)(C(=O)OCC)[C@@H]1CCc1cc(C(C)C)ccc1C(=O)OCC. The highest BCUT2D eigenvalue weighted by Crippen LogP contribution is 2.54. The minimum Gasteiger partial charge on any atom is -0.466 e. The zero-order chi connectivity index (χ0) is 23.2. The van der Waals surface area contributed by atoms with Crippen LogP contribution in [0.5, 0.6) is 0 Å². The standard InChI is InChI=1S/C27H40O4/c1-8-26(6)16-11-17-27(7,25(29)31-10-3)23(26)15-13-21-18-20(19(4)5)12-14-22(21)24(28)30-9-2/h8,12,14,18-19,23H,1,9-11,13,15-17H2,2-7H3/t23-,26+,27-/m1/s1. The highest BCUT2D eigenvalue weighted by atomic mass is 16.5. The molecule has 1 aromatic rings. The summed E-state index contributed by atoms with van der Waals surface area (Å²) in [4.78, 5) is 25.6. The van der Waals surface area contributed by atoms with Gasteiger partial charge in [0.15, 0.2) is 0 Å². The van der Waals surface area contributed by atoms with Gasteiger partial charge in [0.2, 0.25) is 0 Å². The number of esters is 2. The first kappa shape index (κ1) is 25.2. The van der Waals surface area contributed by atoms with E-state index in [1.807, 2.05) is 39.0 Å². The predicted octanol–water partition coefficient (Wildman–Crippen LogP) is 6.48. The number of carbonyl (C=O) groups excluding carboxylic acids is 2. The van der Waals surface area contributed by atoms with Gasteiger partial charge in [-0.05, 0) is 80.9 Å². The van der Waals surface area contributed by atoms with Gasteiger partial charge in [-0.25, -0.2) is 4.79 Å². The van der Waals surface area contributed by atoms with Crippen molar-refractivity contribution in [1.82, 2.24) is 0 Å². The van der Waals surface area contributed by atoms with Gasteiger partial charge in [-0.1, -0.05) is 45.4 Å². The second kappa shape index (κ2) is 10.5. The van der Waals surface area contributed by atoms with Crippen molar-refractivity contribution in [3.05, 3.63) is 47.5 Å². The van der Waals surface area contributed by atoms with Crippen LogP contribution in [0.1, 0.15) is 94.6 Å². The van der Waals surface area contributed by atoms with Gasteiger partial charge in [0.05, 0.1) is 24.2 Å². The van der Waals surface area contributed by atoms with E-state index in [0.29, 0.717) is 31.1 Å². The Hall–Kier alpha value is -2.10. The molecule has 0 amide bonds. The summed E-state index contributed by atoms with van der Waals surface area (Å²) in [7, 11) is 0. The summed E-state index contributed by atoms with van der Waals surface area (Å²) in [5.74, 6) is 0.0568. The van der Waals surface area contributed by atoms with Gasteiger partial charge in [0.1, 0.15) is 0 Å². The molecule has 2 rings (SSSR count). The van der Waals surface area contributed by atoms with E-state index in [2.05, 4.69) is 33.4 Å². The summed E-state index contributed by atoms with van der Waals surface area (Å²) in [6.07, 6.45) is 6.31. The number of aryl methyl sites for hydroxylation is 1. The molecule has 0 unspecified atom stereocenters. The molecule has 4 nitrogen and oxygen atoms in total. The second-order valence-electron chi connectivity index (χ2n) is 9.58. The minimum absolute atomic E-state index is 0.0862. The molecule has 0 spiro atoms. The lowest BCUT2D eigenvalue weighted by Crippen LogP contribution is -2.48. The Labute approximate surface area is 188 Å². The number of rotatable bonds is 9. The summed E-state index contributed by atoms with van der Waals surface area (Å²) >= 11 is 0. The summed E-state index contributed by atoms with van der Waals surface area (Å²) in [6.45, 7) is 17.1. The first-order valence-corrected chi connectivity index (χ1v) is 11.7. The molecule has 0 aromatic heterocycles. The van der Waals surface area contributed by atoms with Gasteiger partial charge >= 0.3 is 11.9 Å². The van der Waals surface area contributed by atoms with Gasteiger partial charge in [0.25, 0.3) is 0 Å². The lowest BCUT2D eigenvalue weighted by Gasteiger charge is -2.49. The van der Waals surface area contributed by atoms with Crippen LogP contribution in [0, 0.1) is 16.7 Å². The molecule has 172 valence electrons. The Morgan fingerprint density at radius 2 is 1.84 bits per heavy atom. The van der Waals surface area contributed by atoms with Gasteiger partial charge in [0, 0.05) is 0 Å². The van der Waals surface area contributed by atoms with Gasteiger partial charge in [-0.2, -0.15) is 0 Å². The summed E-state index contributed by atoms with van der Waals surface area (Å²) in [6, 6.07) is 6.03. The molecule has 1 aromatic carbocycles. The Balaban J connectivity index is 2.42. The molecule has 31 heavy (non-hydrogen) atoms. The average Bonchev–Trinajstić information content (AvgIpc) is 2.73. The van der Waals surface area contributed by atoms with Crippen LogP contribution in [0.2, 0.25) is 0 Å². The molecule has 3 atom stereocenters. The Kier molecular flexibility index (Phi) is 8.50. The zero-order valence-electron chi connectivity index (χ0n) is 20.3. The summed E-state index contributed by atoms with van der Waals surface area (Å²) in [5.41, 5.74) is 2.11. The molecule has 1 aliphatic rings. The van der Waals surface area contributed by atoms with Gasteiger partial charge in [-0.3, -0.25) is 4.79 Å². The maximum atomic E-state index is 13.0. The third kappa shape index (κ3) is 5.39. The van der Waals surface area contributed by atoms with E-state index in [4.69, 9.17) is 9.47 Å². The summed E-state index contributed by atoms with van der Waals surface area (Å²) < 4.78 is 10.8. The van der Waals surface area contributed by atoms with Crippen molar-refractivity contribution in [1.29, 1.82) is 0 Å².